The number of urea groups is 1. The second kappa shape index (κ2) is 6.70. The van der Waals surface area contributed by atoms with E-state index in [0.717, 1.165) is 23.5 Å². The van der Waals surface area contributed by atoms with E-state index in [1.54, 1.807) is 4.90 Å². The van der Waals surface area contributed by atoms with E-state index in [9.17, 15) is 18.0 Å². The third-order valence-electron chi connectivity index (χ3n) is 4.77. The highest BCUT2D eigenvalue weighted by atomic mass is 19.4. The van der Waals surface area contributed by atoms with Crippen molar-refractivity contribution in [2.24, 2.45) is 5.92 Å². The molecular weight excluding hydrogens is 343 g/mol. The molecule has 2 heterocycles. The monoisotopic (exact) mass is 365 g/mol. The summed E-state index contributed by atoms with van der Waals surface area (Å²) >= 11 is 0. The molecule has 7 heteroatoms. The van der Waals surface area contributed by atoms with Crippen LogP contribution < -0.4 is 5.32 Å². The van der Waals surface area contributed by atoms with Gasteiger partial charge in [-0.15, -0.1) is 0 Å². The SMILES string of the molecule is Cc1ccc2n1CCN(C(=O)Nc1cccc(C(F)(F)F)c1)C2C(C)C. The molecule has 0 saturated heterocycles. The fourth-order valence-electron chi connectivity index (χ4n) is 3.56. The van der Waals surface area contributed by atoms with E-state index in [1.807, 2.05) is 32.9 Å². The third-order valence-corrected chi connectivity index (χ3v) is 4.77. The maximum absolute atomic E-state index is 12.9. The van der Waals surface area contributed by atoms with Crippen molar-refractivity contribution in [2.45, 2.75) is 39.5 Å². The Balaban J connectivity index is 1.84. The van der Waals surface area contributed by atoms with E-state index in [0.29, 0.717) is 13.1 Å². The standard InChI is InChI=1S/C19H22F3N3O/c1-12(2)17-16-8-7-13(3)24(16)9-10-25(17)18(26)23-15-6-4-5-14(11-15)19(20,21)22/h4-8,11-12,17H,9-10H2,1-3H3,(H,23,26). The first kappa shape index (κ1) is 18.4. The van der Waals surface area contributed by atoms with Crippen LogP contribution in [0.3, 0.4) is 0 Å². The maximum atomic E-state index is 12.9. The lowest BCUT2D eigenvalue weighted by Crippen LogP contribution is -2.46. The predicted molar refractivity (Wildman–Crippen MR) is 93.9 cm³/mol. The van der Waals surface area contributed by atoms with Gasteiger partial charge in [-0.3, -0.25) is 0 Å². The van der Waals surface area contributed by atoms with Crippen LogP contribution in [0, 0.1) is 12.8 Å². The minimum atomic E-state index is -4.44. The first-order chi connectivity index (χ1) is 12.2. The number of carbonyl (C=O) groups excluding carboxylic acids is 1. The third kappa shape index (κ3) is 3.43. The molecule has 2 aromatic rings. The molecule has 0 saturated carbocycles. The molecule has 140 valence electrons. The van der Waals surface area contributed by atoms with Crippen molar-refractivity contribution in [1.82, 2.24) is 9.47 Å². The van der Waals surface area contributed by atoms with Gasteiger partial charge in [0.1, 0.15) is 0 Å². The molecule has 0 bridgehead atoms. The van der Waals surface area contributed by atoms with Crippen LogP contribution in [0.2, 0.25) is 0 Å². The molecule has 1 aliphatic heterocycles. The number of halogens is 3. The molecule has 0 spiro atoms. The van der Waals surface area contributed by atoms with Gasteiger partial charge in [0.2, 0.25) is 0 Å². The van der Waals surface area contributed by atoms with Gasteiger partial charge < -0.3 is 14.8 Å². The summed E-state index contributed by atoms with van der Waals surface area (Å²) in [5.74, 6) is 0.176. The molecule has 2 amide bonds. The molecule has 1 aromatic carbocycles. The minimum Gasteiger partial charge on any atom is -0.345 e. The first-order valence-corrected chi connectivity index (χ1v) is 8.59. The van der Waals surface area contributed by atoms with Gasteiger partial charge in [-0.25, -0.2) is 4.79 Å². The molecule has 1 atom stereocenters. The summed E-state index contributed by atoms with van der Waals surface area (Å²) in [6.45, 7) is 7.28. The summed E-state index contributed by atoms with van der Waals surface area (Å²) in [5.41, 5.74) is 1.56. The van der Waals surface area contributed by atoms with Crippen molar-refractivity contribution < 1.29 is 18.0 Å². The topological polar surface area (TPSA) is 37.3 Å². The minimum absolute atomic E-state index is 0.122. The fourth-order valence-corrected chi connectivity index (χ4v) is 3.56. The average Bonchev–Trinajstić information content (AvgIpc) is 2.94. The van der Waals surface area contributed by atoms with Crippen molar-refractivity contribution in [3.05, 3.63) is 53.3 Å². The molecule has 1 N–H and O–H groups in total. The van der Waals surface area contributed by atoms with Gasteiger partial charge in [-0.1, -0.05) is 19.9 Å². The quantitative estimate of drug-likeness (QED) is 0.794. The normalized spacial score (nSPS) is 17.3. The number of aromatic nitrogens is 1. The predicted octanol–water partition coefficient (Wildman–Crippen LogP) is 5.06. The van der Waals surface area contributed by atoms with Crippen molar-refractivity contribution in [3.8, 4) is 0 Å². The number of aryl methyl sites for hydroxylation is 1. The van der Waals surface area contributed by atoms with Crippen LogP contribution in [0.25, 0.3) is 0 Å². The summed E-state index contributed by atoms with van der Waals surface area (Å²) in [6.07, 6.45) is -4.44. The first-order valence-electron chi connectivity index (χ1n) is 8.59. The molecular formula is C19H22F3N3O. The number of hydrogen-bond acceptors (Lipinski definition) is 1. The van der Waals surface area contributed by atoms with Crippen LogP contribution in [-0.2, 0) is 12.7 Å². The molecule has 26 heavy (non-hydrogen) atoms. The summed E-state index contributed by atoms with van der Waals surface area (Å²) in [5, 5.41) is 2.62. The maximum Gasteiger partial charge on any atom is 0.416 e. The number of nitrogens with zero attached hydrogens (tertiary/aromatic N) is 2. The number of benzene rings is 1. The van der Waals surface area contributed by atoms with Crippen LogP contribution in [0.1, 0.15) is 36.8 Å². The number of nitrogens with one attached hydrogen (secondary N) is 1. The fraction of sp³-hybridized carbons (Fsp3) is 0.421. The van der Waals surface area contributed by atoms with Gasteiger partial charge in [0.25, 0.3) is 0 Å². The van der Waals surface area contributed by atoms with E-state index >= 15 is 0 Å². The van der Waals surface area contributed by atoms with Crippen LogP contribution in [0.5, 0.6) is 0 Å². The van der Waals surface area contributed by atoms with Gasteiger partial charge in [0.05, 0.1) is 11.6 Å². The number of rotatable bonds is 2. The number of fused-ring (bicyclic) bond motifs is 1. The number of alkyl halides is 3. The van der Waals surface area contributed by atoms with Crippen LogP contribution in [0.15, 0.2) is 36.4 Å². The highest BCUT2D eigenvalue weighted by molar-refractivity contribution is 5.89. The van der Waals surface area contributed by atoms with E-state index in [-0.39, 0.29) is 23.7 Å². The Morgan fingerprint density at radius 2 is 1.92 bits per heavy atom. The molecule has 3 rings (SSSR count). The van der Waals surface area contributed by atoms with E-state index in [4.69, 9.17) is 0 Å². The zero-order chi connectivity index (χ0) is 19.1. The molecule has 0 fully saturated rings. The van der Waals surface area contributed by atoms with Crippen LogP contribution in [0.4, 0.5) is 23.7 Å². The van der Waals surface area contributed by atoms with Crippen LogP contribution >= 0.6 is 0 Å². The zero-order valence-electron chi connectivity index (χ0n) is 15.0. The van der Waals surface area contributed by atoms with Crippen molar-refractivity contribution in [3.63, 3.8) is 0 Å². The lowest BCUT2D eigenvalue weighted by molar-refractivity contribution is -0.137. The van der Waals surface area contributed by atoms with Crippen molar-refractivity contribution in [1.29, 1.82) is 0 Å². The lowest BCUT2D eigenvalue weighted by Gasteiger charge is -2.39. The Labute approximate surface area is 150 Å². The summed E-state index contributed by atoms with van der Waals surface area (Å²) in [7, 11) is 0. The van der Waals surface area contributed by atoms with Gasteiger partial charge in [-0.2, -0.15) is 13.2 Å². The molecule has 1 aliphatic rings. The van der Waals surface area contributed by atoms with Gasteiger partial charge in [0, 0.05) is 30.2 Å². The van der Waals surface area contributed by atoms with Crippen molar-refractivity contribution >= 4 is 11.7 Å². The Morgan fingerprint density at radius 1 is 1.19 bits per heavy atom. The molecule has 1 aromatic heterocycles. The van der Waals surface area contributed by atoms with Gasteiger partial charge >= 0.3 is 12.2 Å². The summed E-state index contributed by atoms with van der Waals surface area (Å²) < 4.78 is 40.8. The molecule has 0 radical (unpaired) electrons. The van der Waals surface area contributed by atoms with E-state index in [2.05, 4.69) is 9.88 Å². The number of hydrogen-bond donors (Lipinski definition) is 1. The smallest absolute Gasteiger partial charge is 0.345 e. The van der Waals surface area contributed by atoms with Crippen LogP contribution in [-0.4, -0.2) is 22.0 Å². The second-order valence-electron chi connectivity index (χ2n) is 6.94. The largest absolute Gasteiger partial charge is 0.416 e. The number of anilines is 1. The van der Waals surface area contributed by atoms with Gasteiger partial charge in [0.15, 0.2) is 0 Å². The zero-order valence-corrected chi connectivity index (χ0v) is 15.0. The molecule has 4 nitrogen and oxygen atoms in total. The summed E-state index contributed by atoms with van der Waals surface area (Å²) in [6, 6.07) is 8.25. The molecule has 0 aliphatic carbocycles. The van der Waals surface area contributed by atoms with Gasteiger partial charge in [-0.05, 0) is 43.2 Å². The van der Waals surface area contributed by atoms with E-state index in [1.165, 1.54) is 12.1 Å². The van der Waals surface area contributed by atoms with Crippen molar-refractivity contribution in [2.75, 3.05) is 11.9 Å². The average molecular weight is 365 g/mol. The highest BCUT2D eigenvalue weighted by Crippen LogP contribution is 2.34. The number of amides is 2. The Hall–Kier alpha value is -2.44. The Morgan fingerprint density at radius 3 is 2.58 bits per heavy atom. The number of carbonyl (C=O) groups is 1. The molecule has 1 unspecified atom stereocenters. The Kier molecular flexibility index (Phi) is 4.73. The Bertz CT molecular complexity index is 811. The lowest BCUT2D eigenvalue weighted by atomic mass is 9.97. The second-order valence-corrected chi connectivity index (χ2v) is 6.94. The highest BCUT2D eigenvalue weighted by Gasteiger charge is 2.34. The van der Waals surface area contributed by atoms with E-state index < -0.39 is 11.7 Å². The summed E-state index contributed by atoms with van der Waals surface area (Å²) in [4.78, 5) is 14.5.